The molecule has 1 aliphatic heterocycles. The number of hydrogen-bond acceptors (Lipinski definition) is 5. The van der Waals surface area contributed by atoms with E-state index in [4.69, 9.17) is 4.74 Å². The highest BCUT2D eigenvalue weighted by Gasteiger charge is 2.26. The number of benzene rings is 1. The van der Waals surface area contributed by atoms with E-state index in [1.807, 2.05) is 18.2 Å². The molecule has 1 aliphatic rings. The monoisotopic (exact) mass is 332 g/mol. The number of carbonyl (C=O) groups excluding carboxylic acids is 1. The normalized spacial score (nSPS) is 15.3. The maximum absolute atomic E-state index is 12.1. The zero-order valence-corrected chi connectivity index (χ0v) is 13.4. The number of hydrogen-bond donors (Lipinski definition) is 1. The third kappa shape index (κ3) is 3.19. The van der Waals surface area contributed by atoms with Crippen molar-refractivity contribution in [2.24, 2.45) is 0 Å². The van der Waals surface area contributed by atoms with Crippen LogP contribution in [0.1, 0.15) is 15.9 Å². The van der Waals surface area contributed by atoms with E-state index >= 15 is 0 Å². The van der Waals surface area contributed by atoms with E-state index in [2.05, 4.69) is 20.3 Å². The van der Waals surface area contributed by atoms with Crippen molar-refractivity contribution in [3.63, 3.8) is 0 Å². The van der Waals surface area contributed by atoms with E-state index in [-0.39, 0.29) is 12.0 Å². The van der Waals surface area contributed by atoms with Crippen LogP contribution < -0.4 is 10.1 Å². The molecule has 0 spiro atoms. The Hall–Kier alpha value is -3.28. The Morgan fingerprint density at radius 3 is 2.80 bits per heavy atom. The van der Waals surface area contributed by atoms with Gasteiger partial charge in [-0.2, -0.15) is 0 Å². The molecule has 3 aromatic rings. The number of nitrogens with zero attached hydrogens (tertiary/aromatic N) is 3. The minimum Gasteiger partial charge on any atom is -0.487 e. The van der Waals surface area contributed by atoms with Gasteiger partial charge < -0.3 is 10.1 Å². The number of amides is 1. The standard InChI is InChI=1S/C19H16N4O2/c24-19(14-4-2-6-20-8-14)23-11-16-7-13-3-1-5-17(18(13)25-16)15-9-21-12-22-10-15/h1-6,8-10,12,16H,7,11H2,(H,23,24). The van der Waals surface area contributed by atoms with Crippen molar-refractivity contribution in [1.29, 1.82) is 0 Å². The molecule has 2 aromatic heterocycles. The van der Waals surface area contributed by atoms with E-state index in [9.17, 15) is 4.79 Å². The second-order valence-corrected chi connectivity index (χ2v) is 5.82. The minimum absolute atomic E-state index is 0.0959. The number of fused-ring (bicyclic) bond motifs is 1. The molecule has 0 fully saturated rings. The second kappa shape index (κ2) is 6.68. The second-order valence-electron chi connectivity index (χ2n) is 5.82. The van der Waals surface area contributed by atoms with Crippen LogP contribution in [0.5, 0.6) is 5.75 Å². The van der Waals surface area contributed by atoms with Gasteiger partial charge >= 0.3 is 0 Å². The lowest BCUT2D eigenvalue weighted by molar-refractivity contribution is 0.0933. The lowest BCUT2D eigenvalue weighted by Gasteiger charge is -2.13. The van der Waals surface area contributed by atoms with Gasteiger partial charge in [0, 0.05) is 42.3 Å². The quantitative estimate of drug-likeness (QED) is 0.793. The Bertz CT molecular complexity index is 884. The zero-order chi connectivity index (χ0) is 17.1. The SMILES string of the molecule is O=C(NCC1Cc2cccc(-c3cncnc3)c2O1)c1cccnc1. The Kier molecular flexibility index (Phi) is 4.08. The molecular formula is C19H16N4O2. The maximum atomic E-state index is 12.1. The van der Waals surface area contributed by atoms with Crippen LogP contribution in [0.2, 0.25) is 0 Å². The van der Waals surface area contributed by atoms with E-state index in [1.165, 1.54) is 6.33 Å². The van der Waals surface area contributed by atoms with Gasteiger partial charge in [0.15, 0.2) is 0 Å². The van der Waals surface area contributed by atoms with Crippen LogP contribution in [0.4, 0.5) is 0 Å². The molecular weight excluding hydrogens is 316 g/mol. The summed E-state index contributed by atoms with van der Waals surface area (Å²) in [6.45, 7) is 0.438. The molecule has 0 saturated heterocycles. The highest BCUT2D eigenvalue weighted by atomic mass is 16.5. The topological polar surface area (TPSA) is 77.0 Å². The van der Waals surface area contributed by atoms with Crippen molar-refractivity contribution in [2.75, 3.05) is 6.54 Å². The van der Waals surface area contributed by atoms with Crippen molar-refractivity contribution >= 4 is 5.91 Å². The van der Waals surface area contributed by atoms with Gasteiger partial charge in [0.2, 0.25) is 0 Å². The fourth-order valence-electron chi connectivity index (χ4n) is 2.92. The number of rotatable bonds is 4. The summed E-state index contributed by atoms with van der Waals surface area (Å²) in [6.07, 6.45) is 8.89. The van der Waals surface area contributed by atoms with Crippen molar-refractivity contribution in [1.82, 2.24) is 20.3 Å². The predicted molar refractivity (Wildman–Crippen MR) is 92.2 cm³/mol. The molecule has 25 heavy (non-hydrogen) atoms. The van der Waals surface area contributed by atoms with Gasteiger partial charge in [0.25, 0.3) is 5.91 Å². The molecule has 1 aromatic carbocycles. The summed E-state index contributed by atoms with van der Waals surface area (Å²) < 4.78 is 6.09. The molecule has 6 nitrogen and oxygen atoms in total. The summed E-state index contributed by atoms with van der Waals surface area (Å²) in [5.74, 6) is 0.697. The molecule has 3 heterocycles. The molecule has 6 heteroatoms. The van der Waals surface area contributed by atoms with Crippen molar-refractivity contribution in [2.45, 2.75) is 12.5 Å². The van der Waals surface area contributed by atoms with Gasteiger partial charge in [-0.1, -0.05) is 18.2 Å². The first-order valence-electron chi connectivity index (χ1n) is 8.03. The largest absolute Gasteiger partial charge is 0.487 e. The Balaban J connectivity index is 1.46. The lowest BCUT2D eigenvalue weighted by atomic mass is 10.0. The molecule has 0 saturated carbocycles. The maximum Gasteiger partial charge on any atom is 0.252 e. The Morgan fingerprint density at radius 2 is 2.00 bits per heavy atom. The summed E-state index contributed by atoms with van der Waals surface area (Å²) in [5.41, 5.74) is 3.56. The van der Waals surface area contributed by atoms with E-state index < -0.39 is 0 Å². The molecule has 0 aliphatic carbocycles. The van der Waals surface area contributed by atoms with Crippen LogP contribution in [0.3, 0.4) is 0 Å². The number of para-hydroxylation sites is 1. The third-order valence-corrected chi connectivity index (χ3v) is 4.11. The summed E-state index contributed by atoms with van der Waals surface area (Å²) >= 11 is 0. The molecule has 1 amide bonds. The highest BCUT2D eigenvalue weighted by Crippen LogP contribution is 2.38. The average Bonchev–Trinajstić information content (AvgIpc) is 3.10. The van der Waals surface area contributed by atoms with Gasteiger partial charge in [-0.3, -0.25) is 9.78 Å². The number of pyridine rings is 1. The first-order valence-corrected chi connectivity index (χ1v) is 8.03. The van der Waals surface area contributed by atoms with Crippen molar-refractivity contribution in [3.05, 3.63) is 72.6 Å². The van der Waals surface area contributed by atoms with E-state index in [1.54, 1.807) is 36.9 Å². The molecule has 0 radical (unpaired) electrons. The third-order valence-electron chi connectivity index (χ3n) is 4.11. The van der Waals surface area contributed by atoms with Crippen LogP contribution >= 0.6 is 0 Å². The molecule has 1 N–H and O–H groups in total. The van der Waals surface area contributed by atoms with Crippen LogP contribution in [-0.2, 0) is 6.42 Å². The number of aromatic nitrogens is 3. The lowest BCUT2D eigenvalue weighted by Crippen LogP contribution is -2.34. The predicted octanol–water partition coefficient (Wildman–Crippen LogP) is 2.27. The summed E-state index contributed by atoms with van der Waals surface area (Å²) in [5, 5.41) is 2.91. The Morgan fingerprint density at radius 1 is 1.12 bits per heavy atom. The number of ether oxygens (including phenoxy) is 1. The minimum atomic E-state index is -0.149. The van der Waals surface area contributed by atoms with Gasteiger partial charge in [0.05, 0.1) is 12.1 Å². The first kappa shape index (κ1) is 15.3. The van der Waals surface area contributed by atoms with E-state index in [0.29, 0.717) is 12.1 Å². The Labute approximate surface area is 144 Å². The van der Waals surface area contributed by atoms with Crippen LogP contribution in [0, 0.1) is 0 Å². The smallest absolute Gasteiger partial charge is 0.252 e. The summed E-state index contributed by atoms with van der Waals surface area (Å²) in [7, 11) is 0. The molecule has 124 valence electrons. The van der Waals surface area contributed by atoms with Gasteiger partial charge in [-0.15, -0.1) is 0 Å². The number of carbonyl (C=O) groups is 1. The highest BCUT2D eigenvalue weighted by molar-refractivity contribution is 5.93. The zero-order valence-electron chi connectivity index (χ0n) is 13.4. The van der Waals surface area contributed by atoms with Gasteiger partial charge in [-0.25, -0.2) is 9.97 Å². The summed E-state index contributed by atoms with van der Waals surface area (Å²) in [6, 6.07) is 9.52. The van der Waals surface area contributed by atoms with Crippen molar-refractivity contribution < 1.29 is 9.53 Å². The van der Waals surface area contributed by atoms with Gasteiger partial charge in [-0.05, 0) is 17.7 Å². The molecule has 4 rings (SSSR count). The van der Waals surface area contributed by atoms with Crippen LogP contribution in [0.25, 0.3) is 11.1 Å². The number of nitrogens with one attached hydrogen (secondary N) is 1. The molecule has 1 atom stereocenters. The summed E-state index contributed by atoms with van der Waals surface area (Å²) in [4.78, 5) is 24.2. The van der Waals surface area contributed by atoms with Crippen LogP contribution in [-0.4, -0.2) is 33.5 Å². The average molecular weight is 332 g/mol. The molecule has 1 unspecified atom stereocenters. The first-order chi connectivity index (χ1) is 12.3. The fraction of sp³-hybridized carbons (Fsp3) is 0.158. The fourth-order valence-corrected chi connectivity index (χ4v) is 2.92. The molecule has 0 bridgehead atoms. The van der Waals surface area contributed by atoms with Crippen molar-refractivity contribution in [3.8, 4) is 16.9 Å². The van der Waals surface area contributed by atoms with Crippen LogP contribution in [0.15, 0.2) is 61.4 Å². The van der Waals surface area contributed by atoms with Gasteiger partial charge in [0.1, 0.15) is 18.2 Å². The van der Waals surface area contributed by atoms with E-state index in [0.717, 1.165) is 28.9 Å².